The Bertz CT molecular complexity index is 1600. The molecule has 2 spiro atoms. The van der Waals surface area contributed by atoms with E-state index in [1.54, 1.807) is 12.1 Å². The standard InChI is InChI=1S/C29H24N4O5/c1-16-11-12-22-20(14-16)29(27(36)31-22)28(19-8-2-3-9-21(19)30-26(28)35)24(23-10-5-13-32(23)29)25(34)17-6-4-7-18(15-17)33(37)38/h2-4,6-9,11-12,14-15,23-24H,5,10,13H2,1H3,(H,30,35)(H,31,36)/t23-,24+,28+,29+/m1/s1. The highest BCUT2D eigenvalue weighted by Gasteiger charge is 2.81. The number of ketones is 1. The predicted octanol–water partition coefficient (Wildman–Crippen LogP) is 3.92. The van der Waals surface area contributed by atoms with Gasteiger partial charge in [0.1, 0.15) is 11.0 Å². The second-order valence-electron chi connectivity index (χ2n) is 10.6. The molecule has 4 atom stereocenters. The van der Waals surface area contributed by atoms with Gasteiger partial charge in [0, 0.05) is 40.7 Å². The summed E-state index contributed by atoms with van der Waals surface area (Å²) in [5, 5.41) is 17.6. The quantitative estimate of drug-likeness (QED) is 0.314. The smallest absolute Gasteiger partial charge is 0.270 e. The number of carbonyl (C=O) groups is 3. The number of nitro benzene ring substituents is 1. The van der Waals surface area contributed by atoms with Crippen molar-refractivity contribution < 1.29 is 19.3 Å². The molecule has 2 amide bonds. The molecule has 3 aromatic carbocycles. The number of carbonyl (C=O) groups excluding carboxylic acids is 3. The fraction of sp³-hybridized carbons (Fsp3) is 0.276. The molecular weight excluding hydrogens is 484 g/mol. The molecule has 2 fully saturated rings. The van der Waals surface area contributed by atoms with Crippen LogP contribution < -0.4 is 10.6 Å². The maximum atomic E-state index is 14.5. The van der Waals surface area contributed by atoms with Crippen molar-refractivity contribution in [3.63, 3.8) is 0 Å². The van der Waals surface area contributed by atoms with E-state index in [0.29, 0.717) is 35.5 Å². The summed E-state index contributed by atoms with van der Waals surface area (Å²) < 4.78 is 0. The lowest BCUT2D eigenvalue weighted by molar-refractivity contribution is -0.384. The van der Waals surface area contributed by atoms with Crippen LogP contribution in [0.2, 0.25) is 0 Å². The van der Waals surface area contributed by atoms with Crippen LogP contribution in [0.25, 0.3) is 0 Å². The van der Waals surface area contributed by atoms with Gasteiger partial charge in [0.15, 0.2) is 5.78 Å². The fourth-order valence-electron chi connectivity index (χ4n) is 7.64. The van der Waals surface area contributed by atoms with E-state index in [2.05, 4.69) is 15.5 Å². The maximum absolute atomic E-state index is 14.5. The van der Waals surface area contributed by atoms with E-state index in [1.807, 2.05) is 43.3 Å². The minimum Gasteiger partial charge on any atom is -0.325 e. The summed E-state index contributed by atoms with van der Waals surface area (Å²) in [6.07, 6.45) is 1.39. The molecule has 38 heavy (non-hydrogen) atoms. The van der Waals surface area contributed by atoms with Crippen LogP contribution in [0, 0.1) is 23.0 Å². The minimum atomic E-state index is -1.57. The fourth-order valence-corrected chi connectivity index (χ4v) is 7.64. The third-order valence-electron chi connectivity index (χ3n) is 8.88. The van der Waals surface area contributed by atoms with E-state index in [-0.39, 0.29) is 22.9 Å². The van der Waals surface area contributed by atoms with Gasteiger partial charge in [-0.3, -0.25) is 29.4 Å². The topological polar surface area (TPSA) is 122 Å². The van der Waals surface area contributed by atoms with E-state index < -0.39 is 33.7 Å². The minimum absolute atomic E-state index is 0.160. The summed E-state index contributed by atoms with van der Waals surface area (Å²) in [6.45, 7) is 2.48. The Morgan fingerprint density at radius 1 is 0.974 bits per heavy atom. The van der Waals surface area contributed by atoms with E-state index in [4.69, 9.17) is 0 Å². The predicted molar refractivity (Wildman–Crippen MR) is 139 cm³/mol. The normalized spacial score (nSPS) is 28.8. The lowest BCUT2D eigenvalue weighted by atomic mass is 9.57. The van der Waals surface area contributed by atoms with Crippen LogP contribution in [0.1, 0.15) is 39.9 Å². The van der Waals surface area contributed by atoms with Crippen LogP contribution in [-0.4, -0.2) is 40.0 Å². The number of aryl methyl sites for hydroxylation is 1. The molecule has 9 nitrogen and oxygen atoms in total. The van der Waals surface area contributed by atoms with Crippen LogP contribution >= 0.6 is 0 Å². The zero-order valence-electron chi connectivity index (χ0n) is 20.6. The van der Waals surface area contributed by atoms with E-state index in [0.717, 1.165) is 12.0 Å². The second kappa shape index (κ2) is 7.58. The number of nitro groups is 1. The third kappa shape index (κ3) is 2.51. The molecule has 7 rings (SSSR count). The number of rotatable bonds is 3. The number of fused-ring (bicyclic) bond motifs is 7. The molecule has 3 aromatic rings. The second-order valence-corrected chi connectivity index (χ2v) is 10.6. The van der Waals surface area contributed by atoms with Crippen molar-refractivity contribution >= 4 is 34.7 Å². The number of hydrogen-bond donors (Lipinski definition) is 2. The molecule has 2 saturated heterocycles. The third-order valence-corrected chi connectivity index (χ3v) is 8.88. The van der Waals surface area contributed by atoms with Gasteiger partial charge in [-0.05, 0) is 44.0 Å². The number of hydrogen-bond acceptors (Lipinski definition) is 6. The zero-order valence-corrected chi connectivity index (χ0v) is 20.6. The first-order valence-corrected chi connectivity index (χ1v) is 12.7. The summed E-state index contributed by atoms with van der Waals surface area (Å²) in [5.74, 6) is -2.04. The first-order valence-electron chi connectivity index (χ1n) is 12.7. The van der Waals surface area contributed by atoms with Gasteiger partial charge in [-0.15, -0.1) is 0 Å². The molecule has 4 aliphatic rings. The molecule has 0 aliphatic carbocycles. The Kier molecular flexibility index (Phi) is 4.55. The van der Waals surface area contributed by atoms with E-state index in [9.17, 15) is 24.5 Å². The number of non-ortho nitro benzene ring substituents is 1. The highest BCUT2D eigenvalue weighted by Crippen LogP contribution is 2.67. The number of para-hydroxylation sites is 1. The summed E-state index contributed by atoms with van der Waals surface area (Å²) in [6, 6.07) is 18.2. The molecule has 0 bridgehead atoms. The van der Waals surface area contributed by atoms with Crippen LogP contribution in [-0.2, 0) is 20.5 Å². The van der Waals surface area contributed by atoms with E-state index in [1.165, 1.54) is 18.2 Å². The first-order chi connectivity index (χ1) is 18.3. The highest BCUT2D eigenvalue weighted by atomic mass is 16.6. The van der Waals surface area contributed by atoms with Gasteiger partial charge in [-0.25, -0.2) is 0 Å². The molecular formula is C29H24N4O5. The molecule has 4 aliphatic heterocycles. The Morgan fingerprint density at radius 2 is 1.74 bits per heavy atom. The van der Waals surface area contributed by atoms with Crippen molar-refractivity contribution in [2.75, 3.05) is 17.2 Å². The molecule has 4 heterocycles. The number of nitrogens with zero attached hydrogens (tertiary/aromatic N) is 2. The van der Waals surface area contributed by atoms with Gasteiger partial charge in [0.25, 0.3) is 11.6 Å². The lowest BCUT2D eigenvalue weighted by Crippen LogP contribution is -2.62. The van der Waals surface area contributed by atoms with Gasteiger partial charge < -0.3 is 10.6 Å². The monoisotopic (exact) mass is 508 g/mol. The molecule has 2 N–H and O–H groups in total. The molecule has 9 heteroatoms. The van der Waals surface area contributed by atoms with E-state index >= 15 is 0 Å². The largest absolute Gasteiger partial charge is 0.325 e. The van der Waals surface area contributed by atoms with Gasteiger partial charge >= 0.3 is 0 Å². The summed E-state index contributed by atoms with van der Waals surface area (Å²) >= 11 is 0. The summed E-state index contributed by atoms with van der Waals surface area (Å²) in [7, 11) is 0. The SMILES string of the molecule is Cc1ccc2c(c1)[C@@]1(C(=O)N2)N2CCC[C@@H]2[C@@H](C(=O)c2cccc([N+](=O)[O-])c2)[C@@]12C(=O)Nc1ccccc12. The Hall–Kier alpha value is -4.37. The average Bonchev–Trinajstić information content (AvgIpc) is 3.62. The Balaban J connectivity index is 1.57. The van der Waals surface area contributed by atoms with Crippen molar-refractivity contribution in [3.8, 4) is 0 Å². The van der Waals surface area contributed by atoms with Crippen molar-refractivity contribution in [1.82, 2.24) is 4.90 Å². The average molecular weight is 509 g/mol. The van der Waals surface area contributed by atoms with Crippen LogP contribution in [0.3, 0.4) is 0 Å². The van der Waals surface area contributed by atoms with Crippen LogP contribution in [0.4, 0.5) is 17.1 Å². The summed E-state index contributed by atoms with van der Waals surface area (Å²) in [4.78, 5) is 56.4. The Labute approximate surface area is 218 Å². The van der Waals surface area contributed by atoms with Crippen LogP contribution in [0.15, 0.2) is 66.7 Å². The number of anilines is 2. The molecule has 0 aromatic heterocycles. The molecule has 190 valence electrons. The molecule has 0 unspecified atom stereocenters. The Morgan fingerprint density at radius 3 is 2.55 bits per heavy atom. The van der Waals surface area contributed by atoms with Crippen molar-refractivity contribution in [3.05, 3.63) is 99.1 Å². The van der Waals surface area contributed by atoms with Gasteiger partial charge in [0.05, 0.1) is 10.8 Å². The number of nitrogens with one attached hydrogen (secondary N) is 2. The van der Waals surface area contributed by atoms with Gasteiger partial charge in [0.2, 0.25) is 5.91 Å². The lowest BCUT2D eigenvalue weighted by Gasteiger charge is -2.43. The van der Waals surface area contributed by atoms with Crippen LogP contribution in [0.5, 0.6) is 0 Å². The number of benzene rings is 3. The van der Waals surface area contributed by atoms with Crippen molar-refractivity contribution in [2.45, 2.75) is 36.8 Å². The van der Waals surface area contributed by atoms with Crippen molar-refractivity contribution in [2.24, 2.45) is 5.92 Å². The highest BCUT2D eigenvalue weighted by molar-refractivity contribution is 6.21. The van der Waals surface area contributed by atoms with Crippen molar-refractivity contribution in [1.29, 1.82) is 0 Å². The maximum Gasteiger partial charge on any atom is 0.270 e. The molecule has 0 radical (unpaired) electrons. The first kappa shape index (κ1) is 22.8. The van der Waals surface area contributed by atoms with Gasteiger partial charge in [-0.2, -0.15) is 0 Å². The zero-order chi connectivity index (χ0) is 26.4. The number of Topliss-reactive ketones (excluding diaryl/α,β-unsaturated/α-hetero) is 1. The van der Waals surface area contributed by atoms with Gasteiger partial charge in [-0.1, -0.05) is 48.0 Å². The molecule has 0 saturated carbocycles. The summed E-state index contributed by atoms with van der Waals surface area (Å²) in [5.41, 5.74) is 0.375. The number of amides is 2.